The fourth-order valence-electron chi connectivity index (χ4n) is 3.69. The molecule has 0 bridgehead atoms. The van der Waals surface area contributed by atoms with E-state index in [0.717, 1.165) is 25.0 Å². The van der Waals surface area contributed by atoms with Gasteiger partial charge in [-0.1, -0.05) is 6.42 Å². The lowest BCUT2D eigenvalue weighted by atomic mass is 10.0. The van der Waals surface area contributed by atoms with Crippen LogP contribution in [0.4, 0.5) is 4.79 Å². The fraction of sp³-hybridized carbons (Fsp3) is 0.737. The molecule has 31 heavy (non-hydrogen) atoms. The lowest BCUT2D eigenvalue weighted by Crippen LogP contribution is -2.36. The number of hydroxylamine groups is 2. The van der Waals surface area contributed by atoms with Gasteiger partial charge in [-0.3, -0.25) is 14.4 Å². The first-order valence-electron chi connectivity index (χ1n) is 10.5. The maximum atomic E-state index is 11.9. The van der Waals surface area contributed by atoms with Crippen LogP contribution in [0.15, 0.2) is 0 Å². The van der Waals surface area contributed by atoms with Gasteiger partial charge in [-0.05, 0) is 12.8 Å². The number of carbonyl (C=O) groups is 5. The molecule has 0 aromatic rings. The Bertz CT molecular complexity index is 703. The van der Waals surface area contributed by atoms with E-state index >= 15 is 0 Å². The summed E-state index contributed by atoms with van der Waals surface area (Å²) >= 11 is 1.86. The van der Waals surface area contributed by atoms with Gasteiger partial charge in [0.2, 0.25) is 5.91 Å². The number of hydrogen-bond donors (Lipinski definition) is 3. The molecule has 3 aliphatic heterocycles. The molecule has 172 valence electrons. The number of ether oxygens (including phenoxy) is 1. The molecule has 0 aromatic carbocycles. The highest BCUT2D eigenvalue weighted by molar-refractivity contribution is 8.00. The third-order valence-electron chi connectivity index (χ3n) is 5.30. The van der Waals surface area contributed by atoms with Gasteiger partial charge < -0.3 is 25.5 Å². The summed E-state index contributed by atoms with van der Waals surface area (Å²) in [6.07, 6.45) is 3.11. The molecule has 3 unspecified atom stereocenters. The molecule has 5 amide bonds. The van der Waals surface area contributed by atoms with Crippen LogP contribution in [0.25, 0.3) is 0 Å². The zero-order valence-corrected chi connectivity index (χ0v) is 18.0. The highest BCUT2D eigenvalue weighted by Gasteiger charge is 2.42. The zero-order valence-electron chi connectivity index (χ0n) is 17.2. The van der Waals surface area contributed by atoms with Gasteiger partial charge in [0.05, 0.1) is 31.7 Å². The molecule has 0 radical (unpaired) electrons. The normalized spacial score (nSPS) is 24.7. The Balaban J connectivity index is 1.15. The van der Waals surface area contributed by atoms with Gasteiger partial charge in [-0.25, -0.2) is 9.59 Å². The quantitative estimate of drug-likeness (QED) is 0.209. The third-order valence-corrected chi connectivity index (χ3v) is 6.81. The van der Waals surface area contributed by atoms with Gasteiger partial charge in [0.15, 0.2) is 0 Å². The number of unbranched alkanes of at least 4 members (excludes halogenated alkanes) is 1. The molecule has 11 nitrogen and oxygen atoms in total. The molecule has 3 atom stereocenters. The molecule has 0 saturated carbocycles. The summed E-state index contributed by atoms with van der Waals surface area (Å²) in [5, 5.41) is 9.55. The number of carbonyl (C=O) groups excluding carboxylic acids is 5. The average Bonchev–Trinajstić information content (AvgIpc) is 3.38. The number of urea groups is 1. The van der Waals surface area contributed by atoms with Gasteiger partial charge in [-0.2, -0.15) is 11.8 Å². The van der Waals surface area contributed by atoms with E-state index in [-0.39, 0.29) is 56.5 Å². The Morgan fingerprint density at radius 2 is 1.84 bits per heavy atom. The minimum absolute atomic E-state index is 0.0538. The van der Waals surface area contributed by atoms with Crippen molar-refractivity contribution in [1.82, 2.24) is 21.0 Å². The van der Waals surface area contributed by atoms with Crippen LogP contribution in [0.3, 0.4) is 0 Å². The number of nitrogens with one attached hydrogen (secondary N) is 3. The molecule has 3 heterocycles. The Morgan fingerprint density at radius 1 is 1.06 bits per heavy atom. The van der Waals surface area contributed by atoms with Crippen LogP contribution < -0.4 is 16.0 Å². The number of thioether (sulfide) groups is 1. The lowest BCUT2D eigenvalue weighted by Gasteiger charge is -2.16. The SMILES string of the molecule is O=C(CCCCC1SCC2NC(=O)NC21)NCCOCCC(=O)ON1C(=O)CCC1=O. The first-order chi connectivity index (χ1) is 14.9. The summed E-state index contributed by atoms with van der Waals surface area (Å²) in [6, 6.07) is 0.325. The number of amides is 5. The molecule has 12 heteroatoms. The molecule has 3 rings (SSSR count). The number of hydrogen-bond acceptors (Lipinski definition) is 8. The van der Waals surface area contributed by atoms with Crippen molar-refractivity contribution in [3.05, 3.63) is 0 Å². The predicted molar refractivity (Wildman–Crippen MR) is 110 cm³/mol. The molecule has 3 N–H and O–H groups in total. The van der Waals surface area contributed by atoms with Crippen LogP contribution in [0, 0.1) is 0 Å². The highest BCUT2D eigenvalue weighted by Crippen LogP contribution is 2.33. The van der Waals surface area contributed by atoms with Crippen molar-refractivity contribution in [2.24, 2.45) is 0 Å². The Labute approximate surface area is 184 Å². The molecule has 3 aliphatic rings. The van der Waals surface area contributed by atoms with Crippen molar-refractivity contribution >= 4 is 41.5 Å². The van der Waals surface area contributed by atoms with Crippen LogP contribution >= 0.6 is 11.8 Å². The Kier molecular flexibility index (Phi) is 8.52. The number of nitrogens with zero attached hydrogens (tertiary/aromatic N) is 1. The summed E-state index contributed by atoms with van der Waals surface area (Å²) in [5.74, 6) is -0.874. The second-order valence-corrected chi connectivity index (χ2v) is 8.90. The van der Waals surface area contributed by atoms with E-state index < -0.39 is 17.8 Å². The van der Waals surface area contributed by atoms with Gasteiger partial charge in [-0.15, -0.1) is 5.06 Å². The number of rotatable bonds is 12. The second-order valence-electron chi connectivity index (χ2n) is 7.63. The van der Waals surface area contributed by atoms with Crippen LogP contribution in [0.5, 0.6) is 0 Å². The third kappa shape index (κ3) is 6.82. The minimum Gasteiger partial charge on any atom is -0.379 e. The van der Waals surface area contributed by atoms with Crippen molar-refractivity contribution in [2.75, 3.05) is 25.5 Å². The van der Waals surface area contributed by atoms with Crippen LogP contribution in [-0.2, 0) is 28.8 Å². The van der Waals surface area contributed by atoms with Crippen molar-refractivity contribution < 1.29 is 33.5 Å². The first-order valence-corrected chi connectivity index (χ1v) is 11.6. The molecular formula is C19H28N4O7S. The van der Waals surface area contributed by atoms with Crippen molar-refractivity contribution in [2.45, 2.75) is 62.3 Å². The van der Waals surface area contributed by atoms with E-state index in [4.69, 9.17) is 9.57 Å². The number of fused-ring (bicyclic) bond motifs is 1. The number of imide groups is 1. The molecule has 0 aliphatic carbocycles. The van der Waals surface area contributed by atoms with Gasteiger partial charge in [0, 0.05) is 36.8 Å². The van der Waals surface area contributed by atoms with E-state index in [1.54, 1.807) is 0 Å². The summed E-state index contributed by atoms with van der Waals surface area (Å²) < 4.78 is 5.27. The molecular weight excluding hydrogens is 428 g/mol. The highest BCUT2D eigenvalue weighted by atomic mass is 32.2. The van der Waals surface area contributed by atoms with E-state index in [1.165, 1.54) is 0 Å². The van der Waals surface area contributed by atoms with Gasteiger partial charge >= 0.3 is 12.0 Å². The largest absolute Gasteiger partial charge is 0.379 e. The molecule has 0 spiro atoms. The molecule has 3 fully saturated rings. The van der Waals surface area contributed by atoms with Crippen molar-refractivity contribution in [1.29, 1.82) is 0 Å². The van der Waals surface area contributed by atoms with E-state index in [0.29, 0.717) is 23.3 Å². The Morgan fingerprint density at radius 3 is 2.61 bits per heavy atom. The summed E-state index contributed by atoms with van der Waals surface area (Å²) in [5.41, 5.74) is 0. The van der Waals surface area contributed by atoms with E-state index in [1.807, 2.05) is 11.8 Å². The maximum absolute atomic E-state index is 11.9. The van der Waals surface area contributed by atoms with Crippen LogP contribution in [0.2, 0.25) is 0 Å². The summed E-state index contributed by atoms with van der Waals surface area (Å²) in [7, 11) is 0. The second kappa shape index (κ2) is 11.3. The average molecular weight is 457 g/mol. The van der Waals surface area contributed by atoms with Gasteiger partial charge in [0.25, 0.3) is 11.8 Å². The summed E-state index contributed by atoms with van der Waals surface area (Å²) in [4.78, 5) is 62.3. The smallest absolute Gasteiger partial charge is 0.335 e. The molecule has 3 saturated heterocycles. The molecule has 0 aromatic heterocycles. The standard InChI is InChI=1S/C19H28N4O7S/c24-14(4-2-1-3-13-18-12(11-31-13)21-19(28)22-18)20-8-10-29-9-7-17(27)30-23-15(25)5-6-16(23)26/h12-13,18H,1-11H2,(H,20,24)(H2,21,22,28). The lowest BCUT2D eigenvalue weighted by molar-refractivity contribution is -0.198. The van der Waals surface area contributed by atoms with Crippen molar-refractivity contribution in [3.63, 3.8) is 0 Å². The maximum Gasteiger partial charge on any atom is 0.335 e. The minimum atomic E-state index is -0.715. The fourth-order valence-corrected chi connectivity index (χ4v) is 5.23. The summed E-state index contributed by atoms with van der Waals surface area (Å²) in [6.45, 7) is 0.642. The Hall–Kier alpha value is -2.34. The van der Waals surface area contributed by atoms with E-state index in [9.17, 15) is 24.0 Å². The van der Waals surface area contributed by atoms with Crippen LogP contribution in [0.1, 0.15) is 44.9 Å². The van der Waals surface area contributed by atoms with Crippen LogP contribution in [-0.4, -0.2) is 77.6 Å². The van der Waals surface area contributed by atoms with Crippen molar-refractivity contribution in [3.8, 4) is 0 Å². The van der Waals surface area contributed by atoms with E-state index in [2.05, 4.69) is 16.0 Å². The predicted octanol–water partition coefficient (Wildman–Crippen LogP) is -0.158. The van der Waals surface area contributed by atoms with Gasteiger partial charge in [0.1, 0.15) is 0 Å². The topological polar surface area (TPSA) is 143 Å². The zero-order chi connectivity index (χ0) is 22.2. The monoisotopic (exact) mass is 456 g/mol. The first kappa shape index (κ1) is 23.3.